The zero-order chi connectivity index (χ0) is 22.9. The van der Waals surface area contributed by atoms with Crippen molar-refractivity contribution in [3.05, 3.63) is 82.2 Å². The fourth-order valence-corrected chi connectivity index (χ4v) is 3.43. The Balaban J connectivity index is 1.69. The molecule has 1 aliphatic rings. The Bertz CT molecular complexity index is 907. The van der Waals surface area contributed by atoms with E-state index in [1.165, 1.54) is 4.90 Å². The Hall–Kier alpha value is -3.10. The number of nitrogens with zero attached hydrogens (tertiary/aromatic N) is 4. The van der Waals surface area contributed by atoms with Gasteiger partial charge in [-0.2, -0.15) is 0 Å². The van der Waals surface area contributed by atoms with Crippen molar-refractivity contribution in [2.45, 2.75) is 51.5 Å². The summed E-state index contributed by atoms with van der Waals surface area (Å²) in [4.78, 5) is 17.0. The Kier molecular flexibility index (Phi) is 8.47. The third kappa shape index (κ3) is 6.21. The van der Waals surface area contributed by atoms with Crippen LogP contribution in [-0.4, -0.2) is 47.4 Å². The molecule has 0 saturated carbocycles. The minimum atomic E-state index is -0.993. The summed E-state index contributed by atoms with van der Waals surface area (Å²) in [7, 11) is 0. The third-order valence-electron chi connectivity index (χ3n) is 5.52. The molecule has 1 saturated heterocycles. The Morgan fingerprint density at radius 3 is 2.38 bits per heavy atom. The van der Waals surface area contributed by atoms with Gasteiger partial charge in [0.05, 0.1) is 18.8 Å². The summed E-state index contributed by atoms with van der Waals surface area (Å²) in [5, 5.41) is 14.2. The van der Waals surface area contributed by atoms with Crippen LogP contribution in [0.5, 0.6) is 0 Å². The SMILES string of the molecule is CC1O[C@@H](OCN(Cc2ccccc2)C(=O)OCc2ccccc2)C(N=[N+]=[N-])[C@@H](O)[C@H]1C. The number of hydrogen-bond acceptors (Lipinski definition) is 6. The molecule has 1 aliphatic heterocycles. The van der Waals surface area contributed by atoms with E-state index in [4.69, 9.17) is 19.7 Å². The van der Waals surface area contributed by atoms with E-state index >= 15 is 0 Å². The smallest absolute Gasteiger partial charge is 0.412 e. The van der Waals surface area contributed by atoms with Crippen LogP contribution in [-0.2, 0) is 27.4 Å². The maximum Gasteiger partial charge on any atom is 0.412 e. The first-order valence-electron chi connectivity index (χ1n) is 10.5. The number of hydrogen-bond donors (Lipinski definition) is 1. The summed E-state index contributed by atoms with van der Waals surface area (Å²) in [5.74, 6) is -0.235. The highest BCUT2D eigenvalue weighted by Gasteiger charge is 2.41. The molecule has 1 N–H and O–H groups in total. The van der Waals surface area contributed by atoms with Gasteiger partial charge in [-0.05, 0) is 23.6 Å². The summed E-state index contributed by atoms with van der Waals surface area (Å²) in [6.07, 6.45) is -2.79. The van der Waals surface area contributed by atoms with E-state index in [9.17, 15) is 9.90 Å². The lowest BCUT2D eigenvalue weighted by Crippen LogP contribution is -2.53. The molecule has 9 heteroatoms. The van der Waals surface area contributed by atoms with Crippen LogP contribution in [0, 0.1) is 5.92 Å². The molecule has 1 fully saturated rings. The zero-order valence-electron chi connectivity index (χ0n) is 18.2. The van der Waals surface area contributed by atoms with Crippen molar-refractivity contribution in [2.75, 3.05) is 6.73 Å². The highest BCUT2D eigenvalue weighted by molar-refractivity contribution is 5.67. The molecule has 32 heavy (non-hydrogen) atoms. The van der Waals surface area contributed by atoms with Gasteiger partial charge in [-0.15, -0.1) is 0 Å². The standard InChI is InChI=1S/C23H28N4O5/c1-16-17(2)32-22(20(21(16)28)25-26-24)31-15-27(13-18-9-5-3-6-10-18)23(29)30-14-19-11-7-4-8-12-19/h3-12,16-17,20-22,28H,13-15H2,1-2H3/t16-,17?,20?,21-,22+/m0/s1. The van der Waals surface area contributed by atoms with Gasteiger partial charge < -0.3 is 19.3 Å². The lowest BCUT2D eigenvalue weighted by molar-refractivity contribution is -0.248. The molecule has 2 aromatic carbocycles. The number of azide groups is 1. The fourth-order valence-electron chi connectivity index (χ4n) is 3.43. The maximum absolute atomic E-state index is 12.8. The largest absolute Gasteiger partial charge is 0.444 e. The van der Waals surface area contributed by atoms with Crippen LogP contribution in [0.25, 0.3) is 10.4 Å². The highest BCUT2D eigenvalue weighted by Crippen LogP contribution is 2.28. The van der Waals surface area contributed by atoms with Crippen molar-refractivity contribution in [1.82, 2.24) is 4.90 Å². The summed E-state index contributed by atoms with van der Waals surface area (Å²) >= 11 is 0. The number of ether oxygens (including phenoxy) is 3. The van der Waals surface area contributed by atoms with E-state index in [-0.39, 0.29) is 31.9 Å². The van der Waals surface area contributed by atoms with Gasteiger partial charge in [0.2, 0.25) is 0 Å². The number of rotatable bonds is 8. The van der Waals surface area contributed by atoms with Crippen LogP contribution in [0.2, 0.25) is 0 Å². The van der Waals surface area contributed by atoms with Crippen molar-refractivity contribution >= 4 is 6.09 Å². The molecule has 0 bridgehead atoms. The van der Waals surface area contributed by atoms with E-state index in [1.807, 2.05) is 74.5 Å². The first-order chi connectivity index (χ1) is 15.5. The normalized spacial score (nSPS) is 24.9. The highest BCUT2D eigenvalue weighted by atomic mass is 16.7. The summed E-state index contributed by atoms with van der Waals surface area (Å²) in [6.45, 7) is 3.83. The number of aliphatic hydroxyl groups excluding tert-OH is 1. The van der Waals surface area contributed by atoms with E-state index in [0.717, 1.165) is 11.1 Å². The van der Waals surface area contributed by atoms with Crippen LogP contribution >= 0.6 is 0 Å². The van der Waals surface area contributed by atoms with E-state index in [0.29, 0.717) is 0 Å². The van der Waals surface area contributed by atoms with Crippen molar-refractivity contribution in [2.24, 2.45) is 11.0 Å². The van der Waals surface area contributed by atoms with Gasteiger partial charge in [0.15, 0.2) is 6.29 Å². The van der Waals surface area contributed by atoms with Crippen LogP contribution < -0.4 is 0 Å². The molecule has 2 unspecified atom stereocenters. The minimum absolute atomic E-state index is 0.125. The zero-order valence-corrected chi connectivity index (χ0v) is 18.2. The lowest BCUT2D eigenvalue weighted by atomic mass is 9.90. The van der Waals surface area contributed by atoms with E-state index < -0.39 is 24.5 Å². The molecule has 1 amide bonds. The topological polar surface area (TPSA) is 117 Å². The summed E-state index contributed by atoms with van der Waals surface area (Å²) < 4.78 is 17.1. The lowest BCUT2D eigenvalue weighted by Gasteiger charge is -2.41. The van der Waals surface area contributed by atoms with Gasteiger partial charge in [0.1, 0.15) is 19.4 Å². The Morgan fingerprint density at radius 1 is 1.12 bits per heavy atom. The Labute approximate surface area is 187 Å². The molecule has 5 atom stereocenters. The van der Waals surface area contributed by atoms with Gasteiger partial charge in [-0.25, -0.2) is 4.79 Å². The first kappa shape index (κ1) is 23.6. The van der Waals surface area contributed by atoms with Gasteiger partial charge in [-0.3, -0.25) is 4.90 Å². The van der Waals surface area contributed by atoms with E-state index in [1.54, 1.807) is 0 Å². The number of benzene rings is 2. The predicted molar refractivity (Wildman–Crippen MR) is 117 cm³/mol. The third-order valence-corrected chi connectivity index (χ3v) is 5.52. The van der Waals surface area contributed by atoms with Crippen LogP contribution in [0.15, 0.2) is 65.8 Å². The van der Waals surface area contributed by atoms with Gasteiger partial charge >= 0.3 is 6.09 Å². The van der Waals surface area contributed by atoms with Gasteiger partial charge in [-0.1, -0.05) is 72.7 Å². The minimum Gasteiger partial charge on any atom is -0.444 e. The fraction of sp³-hybridized carbons (Fsp3) is 0.435. The molecule has 0 radical (unpaired) electrons. The van der Waals surface area contributed by atoms with Crippen molar-refractivity contribution < 1.29 is 24.1 Å². The second-order valence-corrected chi connectivity index (χ2v) is 7.77. The average Bonchev–Trinajstić information content (AvgIpc) is 2.82. The summed E-state index contributed by atoms with van der Waals surface area (Å²) in [6, 6.07) is 17.9. The number of aliphatic hydroxyl groups is 1. The second kappa shape index (κ2) is 11.5. The number of carbonyl (C=O) groups is 1. The van der Waals surface area contributed by atoms with Gasteiger partial charge in [0, 0.05) is 10.8 Å². The molecular formula is C23H28N4O5. The van der Waals surface area contributed by atoms with Crippen molar-refractivity contribution in [3.63, 3.8) is 0 Å². The average molecular weight is 441 g/mol. The van der Waals surface area contributed by atoms with E-state index in [2.05, 4.69) is 10.0 Å². The van der Waals surface area contributed by atoms with Gasteiger partial charge in [0.25, 0.3) is 0 Å². The maximum atomic E-state index is 12.8. The molecule has 3 rings (SSSR count). The number of amides is 1. The molecule has 2 aromatic rings. The molecule has 0 aromatic heterocycles. The van der Waals surface area contributed by atoms with Crippen LogP contribution in [0.1, 0.15) is 25.0 Å². The quantitative estimate of drug-likeness (QED) is 0.285. The predicted octanol–water partition coefficient (Wildman–Crippen LogP) is 4.22. The van der Waals surface area contributed by atoms with Crippen LogP contribution in [0.3, 0.4) is 0 Å². The molecule has 1 heterocycles. The molecule has 170 valence electrons. The molecule has 0 aliphatic carbocycles. The molecule has 9 nitrogen and oxygen atoms in total. The van der Waals surface area contributed by atoms with Crippen molar-refractivity contribution in [1.29, 1.82) is 0 Å². The Morgan fingerprint density at radius 2 is 1.75 bits per heavy atom. The summed E-state index contributed by atoms with van der Waals surface area (Å²) in [5.41, 5.74) is 10.7. The monoisotopic (exact) mass is 440 g/mol. The number of carbonyl (C=O) groups excluding carboxylic acids is 1. The molecular weight excluding hydrogens is 412 g/mol. The molecule has 0 spiro atoms. The second-order valence-electron chi connectivity index (χ2n) is 7.77. The first-order valence-corrected chi connectivity index (χ1v) is 10.5. The van der Waals surface area contributed by atoms with Crippen LogP contribution in [0.4, 0.5) is 4.79 Å². The van der Waals surface area contributed by atoms with Crippen molar-refractivity contribution in [3.8, 4) is 0 Å².